The van der Waals surface area contributed by atoms with Gasteiger partial charge in [-0.2, -0.15) is 0 Å². The number of fused-ring (bicyclic) bond motifs is 1. The van der Waals surface area contributed by atoms with Crippen LogP contribution in [0.4, 0.5) is 4.39 Å². The number of hydrogen-bond acceptors (Lipinski definition) is 3. The highest BCUT2D eigenvalue weighted by atomic mass is 79.9. The topological polar surface area (TPSA) is 41.8 Å². The molecule has 0 saturated carbocycles. The van der Waals surface area contributed by atoms with Crippen LogP contribution in [-0.4, -0.2) is 10.9 Å². The van der Waals surface area contributed by atoms with Gasteiger partial charge >= 0.3 is 0 Å². The molecule has 0 aromatic heterocycles. The van der Waals surface area contributed by atoms with E-state index in [-0.39, 0.29) is 5.82 Å². The Hall–Kier alpha value is -1.88. The molecule has 0 atom stereocenters. The van der Waals surface area contributed by atoms with E-state index >= 15 is 0 Å². The molecule has 1 aliphatic carbocycles. The molecule has 0 radical (unpaired) electrons. The van der Waals surface area contributed by atoms with E-state index in [0.717, 1.165) is 41.0 Å². The quantitative estimate of drug-likeness (QED) is 0.663. The number of oxime groups is 1. The maximum atomic E-state index is 13.0. The minimum Gasteiger partial charge on any atom is -0.489 e. The van der Waals surface area contributed by atoms with Crippen LogP contribution in [0.5, 0.6) is 5.75 Å². The van der Waals surface area contributed by atoms with Crippen LogP contribution in [0.25, 0.3) is 0 Å². The summed E-state index contributed by atoms with van der Waals surface area (Å²) in [5.41, 5.74) is 3.71. The van der Waals surface area contributed by atoms with Crippen molar-refractivity contribution in [3.8, 4) is 5.75 Å². The van der Waals surface area contributed by atoms with Gasteiger partial charge in [-0.15, -0.1) is 0 Å². The molecule has 1 aliphatic rings. The maximum Gasteiger partial charge on any atom is 0.124 e. The Labute approximate surface area is 130 Å². The van der Waals surface area contributed by atoms with Crippen molar-refractivity contribution < 1.29 is 14.3 Å². The van der Waals surface area contributed by atoms with Gasteiger partial charge in [-0.3, -0.25) is 0 Å². The van der Waals surface area contributed by atoms with Crippen LogP contribution in [0, 0.1) is 5.82 Å². The summed E-state index contributed by atoms with van der Waals surface area (Å²) in [6.45, 7) is 0.362. The van der Waals surface area contributed by atoms with Crippen molar-refractivity contribution in [3.05, 3.63) is 63.4 Å². The number of ether oxygens (including phenoxy) is 1. The lowest BCUT2D eigenvalue weighted by Crippen LogP contribution is -1.98. The third-order valence-electron chi connectivity index (χ3n) is 3.55. The second kappa shape index (κ2) is 5.85. The van der Waals surface area contributed by atoms with Crippen LogP contribution in [0.2, 0.25) is 0 Å². The molecule has 0 unspecified atom stereocenters. The predicted molar refractivity (Wildman–Crippen MR) is 81.5 cm³/mol. The molecule has 0 heterocycles. The Morgan fingerprint density at radius 3 is 2.81 bits per heavy atom. The summed E-state index contributed by atoms with van der Waals surface area (Å²) >= 11 is 3.32. The summed E-state index contributed by atoms with van der Waals surface area (Å²) in [5, 5.41) is 12.2. The lowest BCUT2D eigenvalue weighted by atomic mass is 10.1. The smallest absolute Gasteiger partial charge is 0.124 e. The van der Waals surface area contributed by atoms with Gasteiger partial charge in [0.05, 0.1) is 5.71 Å². The molecule has 0 bridgehead atoms. The molecule has 5 heteroatoms. The van der Waals surface area contributed by atoms with Crippen LogP contribution >= 0.6 is 15.9 Å². The lowest BCUT2D eigenvalue weighted by molar-refractivity contribution is 0.305. The van der Waals surface area contributed by atoms with Gasteiger partial charge < -0.3 is 9.94 Å². The highest BCUT2D eigenvalue weighted by molar-refractivity contribution is 9.10. The van der Waals surface area contributed by atoms with E-state index in [1.54, 1.807) is 6.07 Å². The fourth-order valence-corrected chi connectivity index (χ4v) is 2.90. The van der Waals surface area contributed by atoms with Gasteiger partial charge in [0.1, 0.15) is 18.2 Å². The van der Waals surface area contributed by atoms with Gasteiger partial charge in [0, 0.05) is 15.6 Å². The summed E-state index contributed by atoms with van der Waals surface area (Å²) in [5.74, 6) is 0.475. The number of nitrogens with zero attached hydrogens (tertiary/aromatic N) is 1. The van der Waals surface area contributed by atoms with E-state index in [9.17, 15) is 4.39 Å². The zero-order chi connectivity index (χ0) is 14.8. The molecule has 0 saturated heterocycles. The summed E-state index contributed by atoms with van der Waals surface area (Å²) in [7, 11) is 0. The summed E-state index contributed by atoms with van der Waals surface area (Å²) in [4.78, 5) is 0. The minimum absolute atomic E-state index is 0.279. The first-order valence-corrected chi connectivity index (χ1v) is 7.37. The first kappa shape index (κ1) is 14.1. The second-order valence-electron chi connectivity index (χ2n) is 4.89. The van der Waals surface area contributed by atoms with E-state index in [0.29, 0.717) is 11.1 Å². The summed E-state index contributed by atoms with van der Waals surface area (Å²) < 4.78 is 19.5. The largest absolute Gasteiger partial charge is 0.489 e. The van der Waals surface area contributed by atoms with Crippen LogP contribution in [-0.2, 0) is 13.0 Å². The monoisotopic (exact) mass is 349 g/mol. The number of benzene rings is 2. The Morgan fingerprint density at radius 1 is 1.19 bits per heavy atom. The SMILES string of the molecule is O/N=C1/CCc2cc(OCc3ccc(F)cc3Br)ccc21. The number of halogens is 2. The number of hydrogen-bond donors (Lipinski definition) is 1. The lowest BCUT2D eigenvalue weighted by Gasteiger charge is -2.09. The fraction of sp³-hybridized carbons (Fsp3) is 0.188. The maximum absolute atomic E-state index is 13.0. The zero-order valence-corrected chi connectivity index (χ0v) is 12.7. The Bertz CT molecular complexity index is 715. The van der Waals surface area contributed by atoms with E-state index < -0.39 is 0 Å². The Balaban J connectivity index is 1.75. The van der Waals surface area contributed by atoms with Crippen LogP contribution < -0.4 is 4.74 Å². The van der Waals surface area contributed by atoms with Gasteiger partial charge in [0.2, 0.25) is 0 Å². The van der Waals surface area contributed by atoms with Crippen LogP contribution in [0.3, 0.4) is 0 Å². The normalized spacial score (nSPS) is 15.2. The number of aryl methyl sites for hydroxylation is 1. The van der Waals surface area contributed by atoms with Gasteiger partial charge in [-0.25, -0.2) is 4.39 Å². The van der Waals surface area contributed by atoms with Gasteiger partial charge in [-0.05, 0) is 48.7 Å². The van der Waals surface area contributed by atoms with Crippen molar-refractivity contribution in [1.29, 1.82) is 0 Å². The van der Waals surface area contributed by atoms with Crippen molar-refractivity contribution in [2.45, 2.75) is 19.4 Å². The molecule has 2 aromatic carbocycles. The van der Waals surface area contributed by atoms with Gasteiger partial charge in [0.15, 0.2) is 0 Å². The third kappa shape index (κ3) is 2.93. The molecule has 0 aliphatic heterocycles. The molecule has 0 amide bonds. The predicted octanol–water partition coefficient (Wildman–Crippen LogP) is 4.29. The van der Waals surface area contributed by atoms with Crippen molar-refractivity contribution in [3.63, 3.8) is 0 Å². The van der Waals surface area contributed by atoms with E-state index in [1.165, 1.54) is 12.1 Å². The first-order chi connectivity index (χ1) is 10.2. The fourth-order valence-electron chi connectivity index (χ4n) is 2.44. The van der Waals surface area contributed by atoms with Crippen molar-refractivity contribution >= 4 is 21.6 Å². The highest BCUT2D eigenvalue weighted by Crippen LogP contribution is 2.27. The molecule has 0 spiro atoms. The molecule has 0 fully saturated rings. The second-order valence-corrected chi connectivity index (χ2v) is 5.74. The zero-order valence-electron chi connectivity index (χ0n) is 11.1. The van der Waals surface area contributed by atoms with E-state index in [2.05, 4.69) is 21.1 Å². The first-order valence-electron chi connectivity index (χ1n) is 6.58. The number of rotatable bonds is 3. The highest BCUT2D eigenvalue weighted by Gasteiger charge is 2.18. The van der Waals surface area contributed by atoms with Crippen LogP contribution in [0.1, 0.15) is 23.1 Å². The Morgan fingerprint density at radius 2 is 2.05 bits per heavy atom. The van der Waals surface area contributed by atoms with Crippen LogP contribution in [0.15, 0.2) is 46.0 Å². The average molecular weight is 350 g/mol. The van der Waals surface area contributed by atoms with Gasteiger partial charge in [-0.1, -0.05) is 27.2 Å². The standard InChI is InChI=1S/C16H13BrFNO2/c17-15-8-12(18)3-1-11(15)9-21-13-4-5-14-10(7-13)2-6-16(14)19-20/h1,3-5,7-8,20H,2,6,9H2/b19-16-. The molecule has 2 aromatic rings. The summed E-state index contributed by atoms with van der Waals surface area (Å²) in [6, 6.07) is 10.3. The molecule has 108 valence electrons. The van der Waals surface area contributed by atoms with E-state index in [1.807, 2.05) is 18.2 Å². The average Bonchev–Trinajstić information content (AvgIpc) is 2.88. The molecule has 1 N–H and O–H groups in total. The van der Waals surface area contributed by atoms with Gasteiger partial charge in [0.25, 0.3) is 0 Å². The van der Waals surface area contributed by atoms with Crippen molar-refractivity contribution in [2.24, 2.45) is 5.16 Å². The molecule has 3 rings (SSSR count). The Kier molecular flexibility index (Phi) is 3.92. The molecular weight excluding hydrogens is 337 g/mol. The molecule has 3 nitrogen and oxygen atoms in total. The van der Waals surface area contributed by atoms with Crippen molar-refractivity contribution in [1.82, 2.24) is 0 Å². The molecule has 21 heavy (non-hydrogen) atoms. The van der Waals surface area contributed by atoms with Crippen molar-refractivity contribution in [2.75, 3.05) is 0 Å². The minimum atomic E-state index is -0.279. The van der Waals surface area contributed by atoms with E-state index in [4.69, 9.17) is 9.94 Å². The molecular formula is C16H13BrFNO2. The third-order valence-corrected chi connectivity index (χ3v) is 4.29. The summed E-state index contributed by atoms with van der Waals surface area (Å²) in [6.07, 6.45) is 1.60.